The zero-order chi connectivity index (χ0) is 17.8. The van der Waals surface area contributed by atoms with Gasteiger partial charge in [-0.2, -0.15) is 0 Å². The van der Waals surface area contributed by atoms with Gasteiger partial charge in [0.25, 0.3) is 0 Å². The lowest BCUT2D eigenvalue weighted by molar-refractivity contribution is -0.138. The molecular formula is C18H16O6S. The first-order chi connectivity index (χ1) is 11.9. The average molecular weight is 360 g/mol. The van der Waals surface area contributed by atoms with E-state index in [1.54, 1.807) is 30.3 Å². The molecule has 7 heteroatoms. The van der Waals surface area contributed by atoms with Gasteiger partial charge in [-0.25, -0.2) is 8.42 Å². The molecule has 25 heavy (non-hydrogen) atoms. The number of fused-ring (bicyclic) bond motifs is 1. The van der Waals surface area contributed by atoms with E-state index in [0.29, 0.717) is 17.1 Å². The summed E-state index contributed by atoms with van der Waals surface area (Å²) in [6, 6.07) is 11.5. The molecule has 2 aromatic rings. The summed E-state index contributed by atoms with van der Waals surface area (Å²) in [6.07, 6.45) is 0. The van der Waals surface area contributed by atoms with E-state index in [1.165, 1.54) is 12.1 Å². The molecule has 130 valence electrons. The number of benzene rings is 2. The fourth-order valence-electron chi connectivity index (χ4n) is 3.37. The number of carboxylic acid groups (broad SMARTS) is 1. The van der Waals surface area contributed by atoms with Crippen LogP contribution < -0.4 is 9.47 Å². The van der Waals surface area contributed by atoms with E-state index in [4.69, 9.17) is 9.47 Å². The van der Waals surface area contributed by atoms with Crippen molar-refractivity contribution in [1.29, 1.82) is 0 Å². The van der Waals surface area contributed by atoms with Crippen molar-refractivity contribution in [2.24, 2.45) is 5.92 Å². The highest BCUT2D eigenvalue weighted by molar-refractivity contribution is 7.92. The van der Waals surface area contributed by atoms with E-state index >= 15 is 0 Å². The molecular weight excluding hydrogens is 344 g/mol. The van der Waals surface area contributed by atoms with Crippen molar-refractivity contribution in [2.75, 3.05) is 6.79 Å². The second-order valence-corrected chi connectivity index (χ2v) is 8.43. The predicted molar refractivity (Wildman–Crippen MR) is 88.6 cm³/mol. The van der Waals surface area contributed by atoms with Crippen LogP contribution in [0.4, 0.5) is 0 Å². The third-order valence-corrected chi connectivity index (χ3v) is 6.96. The van der Waals surface area contributed by atoms with E-state index in [1.807, 2.05) is 6.92 Å². The van der Waals surface area contributed by atoms with Crippen molar-refractivity contribution >= 4 is 15.8 Å². The predicted octanol–water partition coefficient (Wildman–Crippen LogP) is 2.36. The van der Waals surface area contributed by atoms with Crippen LogP contribution in [0.3, 0.4) is 0 Å². The Morgan fingerprint density at radius 2 is 1.76 bits per heavy atom. The average Bonchev–Trinajstić information content (AvgIpc) is 3.18. The maximum atomic E-state index is 12.9. The monoisotopic (exact) mass is 360 g/mol. The maximum absolute atomic E-state index is 12.9. The van der Waals surface area contributed by atoms with Gasteiger partial charge in [-0.15, -0.1) is 0 Å². The van der Waals surface area contributed by atoms with Crippen molar-refractivity contribution in [1.82, 2.24) is 0 Å². The number of carboxylic acids is 1. The van der Waals surface area contributed by atoms with Crippen LogP contribution in [0.2, 0.25) is 0 Å². The largest absolute Gasteiger partial charge is 0.481 e. The Bertz CT molecular complexity index is 948. The summed E-state index contributed by atoms with van der Waals surface area (Å²) >= 11 is 0. The normalized spacial score (nSPS) is 24.1. The molecule has 1 aliphatic heterocycles. The summed E-state index contributed by atoms with van der Waals surface area (Å²) in [7, 11) is -3.74. The Hall–Kier alpha value is -2.54. The van der Waals surface area contributed by atoms with Crippen molar-refractivity contribution in [3.63, 3.8) is 0 Å². The van der Waals surface area contributed by atoms with Crippen LogP contribution in [0.25, 0.3) is 0 Å². The van der Waals surface area contributed by atoms with Gasteiger partial charge in [0.2, 0.25) is 6.79 Å². The molecule has 6 nitrogen and oxygen atoms in total. The first kappa shape index (κ1) is 16.0. The van der Waals surface area contributed by atoms with Gasteiger partial charge in [-0.3, -0.25) is 4.79 Å². The summed E-state index contributed by atoms with van der Waals surface area (Å²) in [5, 5.41) is 8.50. The molecule has 0 unspecified atom stereocenters. The molecule has 1 saturated carbocycles. The van der Waals surface area contributed by atoms with Gasteiger partial charge in [0, 0.05) is 5.92 Å². The highest BCUT2D eigenvalue weighted by Crippen LogP contribution is 2.55. The second-order valence-electron chi connectivity index (χ2n) is 6.33. The highest BCUT2D eigenvalue weighted by atomic mass is 32.2. The van der Waals surface area contributed by atoms with Crippen LogP contribution >= 0.6 is 0 Å². The van der Waals surface area contributed by atoms with E-state index in [0.717, 1.165) is 5.56 Å². The molecule has 2 aromatic carbocycles. The Morgan fingerprint density at radius 3 is 2.44 bits per heavy atom. The minimum atomic E-state index is -3.74. The molecule has 1 N–H and O–H groups in total. The number of ether oxygens (including phenoxy) is 2. The number of sulfone groups is 1. The van der Waals surface area contributed by atoms with E-state index < -0.39 is 32.9 Å². The minimum Gasteiger partial charge on any atom is -0.481 e. The van der Waals surface area contributed by atoms with Crippen molar-refractivity contribution in [3.05, 3.63) is 53.6 Å². The SMILES string of the molecule is Cc1ccc(S(=O)(=O)[C@@H]2[C@@H](C(=O)O)[C@H]2c2ccc3c(c2)OCO3)cc1. The van der Waals surface area contributed by atoms with Crippen molar-refractivity contribution in [3.8, 4) is 11.5 Å². The molecule has 0 spiro atoms. The standard InChI is InChI=1S/C18H16O6S/c1-10-2-5-12(6-3-10)25(21,22)17-15(16(17)18(19)20)11-4-7-13-14(8-11)24-9-23-13/h2-8,15-17H,9H2,1H3,(H,19,20)/t15-,16+,17+/m1/s1. The first-order valence-corrected chi connectivity index (χ1v) is 9.37. The number of carbonyl (C=O) groups is 1. The summed E-state index contributed by atoms with van der Waals surface area (Å²) < 4.78 is 36.4. The summed E-state index contributed by atoms with van der Waals surface area (Å²) in [5.41, 5.74) is 1.58. The van der Waals surface area contributed by atoms with Crippen LogP contribution in [-0.4, -0.2) is 31.5 Å². The molecule has 0 aromatic heterocycles. The Labute approximate surface area is 144 Å². The third-order valence-electron chi connectivity index (χ3n) is 4.73. The molecule has 3 atom stereocenters. The zero-order valence-electron chi connectivity index (χ0n) is 13.4. The topological polar surface area (TPSA) is 89.9 Å². The molecule has 0 bridgehead atoms. The zero-order valence-corrected chi connectivity index (χ0v) is 14.2. The molecule has 0 saturated heterocycles. The summed E-state index contributed by atoms with van der Waals surface area (Å²) in [5.74, 6) is -1.58. The Balaban J connectivity index is 1.71. The van der Waals surface area contributed by atoms with Gasteiger partial charge in [-0.1, -0.05) is 23.8 Å². The van der Waals surface area contributed by atoms with Crippen LogP contribution in [0.5, 0.6) is 11.5 Å². The maximum Gasteiger partial charge on any atom is 0.308 e. The number of aliphatic carboxylic acids is 1. The number of hydrogen-bond donors (Lipinski definition) is 1. The van der Waals surface area contributed by atoms with Gasteiger partial charge in [0.15, 0.2) is 21.3 Å². The van der Waals surface area contributed by atoms with E-state index in [2.05, 4.69) is 0 Å². The molecule has 0 amide bonds. The number of hydrogen-bond acceptors (Lipinski definition) is 5. The Kier molecular flexibility index (Phi) is 3.50. The first-order valence-electron chi connectivity index (χ1n) is 7.82. The van der Waals surface area contributed by atoms with Gasteiger partial charge in [0.05, 0.1) is 16.1 Å². The number of rotatable bonds is 4. The van der Waals surface area contributed by atoms with Crippen LogP contribution in [0.1, 0.15) is 17.0 Å². The smallest absolute Gasteiger partial charge is 0.308 e. The van der Waals surface area contributed by atoms with Crippen LogP contribution in [0, 0.1) is 12.8 Å². The minimum absolute atomic E-state index is 0.108. The van der Waals surface area contributed by atoms with Crippen molar-refractivity contribution in [2.45, 2.75) is 23.0 Å². The Morgan fingerprint density at radius 1 is 1.08 bits per heavy atom. The molecule has 2 aliphatic rings. The quantitative estimate of drug-likeness (QED) is 0.900. The van der Waals surface area contributed by atoms with Gasteiger partial charge >= 0.3 is 5.97 Å². The molecule has 1 fully saturated rings. The molecule has 1 aliphatic carbocycles. The van der Waals surface area contributed by atoms with Crippen LogP contribution in [-0.2, 0) is 14.6 Å². The van der Waals surface area contributed by atoms with Gasteiger partial charge < -0.3 is 14.6 Å². The van der Waals surface area contributed by atoms with Gasteiger partial charge in [-0.05, 0) is 36.8 Å². The van der Waals surface area contributed by atoms with Crippen molar-refractivity contribution < 1.29 is 27.8 Å². The van der Waals surface area contributed by atoms with E-state index in [-0.39, 0.29) is 11.7 Å². The second kappa shape index (κ2) is 5.49. The van der Waals surface area contributed by atoms with E-state index in [9.17, 15) is 18.3 Å². The highest BCUT2D eigenvalue weighted by Gasteiger charge is 2.63. The van der Waals surface area contributed by atoms with Crippen LogP contribution in [0.15, 0.2) is 47.4 Å². The van der Waals surface area contributed by atoms with Gasteiger partial charge in [0.1, 0.15) is 0 Å². The lowest BCUT2D eigenvalue weighted by atomic mass is 10.1. The fraction of sp³-hybridized carbons (Fsp3) is 0.278. The fourth-order valence-corrected chi connectivity index (χ4v) is 5.49. The molecule has 1 heterocycles. The molecule has 0 radical (unpaired) electrons. The third kappa shape index (κ3) is 2.55. The summed E-state index contributed by atoms with van der Waals surface area (Å²) in [4.78, 5) is 11.8. The number of aryl methyl sites for hydroxylation is 1. The lowest BCUT2D eigenvalue weighted by Crippen LogP contribution is -2.13. The molecule has 4 rings (SSSR count). The lowest BCUT2D eigenvalue weighted by Gasteiger charge is -2.05. The summed E-state index contributed by atoms with van der Waals surface area (Å²) in [6.45, 7) is 1.97.